The number of rotatable bonds is 4. The Kier molecular flexibility index (Phi) is 5.48. The number of benzene rings is 1. The summed E-state index contributed by atoms with van der Waals surface area (Å²) in [5, 5.41) is 16.6. The number of para-hydroxylation sites is 1. The molecule has 2 aromatic heterocycles. The third kappa shape index (κ3) is 4.15. The Morgan fingerprint density at radius 2 is 2.13 bits per heavy atom. The molecule has 0 unspecified atom stereocenters. The van der Waals surface area contributed by atoms with Gasteiger partial charge >= 0.3 is 0 Å². The molecule has 0 saturated carbocycles. The number of carbonyl (C=O) groups excluding carboxylic acids is 2. The van der Waals surface area contributed by atoms with Crippen LogP contribution in [0.3, 0.4) is 0 Å². The van der Waals surface area contributed by atoms with E-state index in [-0.39, 0.29) is 5.91 Å². The fourth-order valence-corrected chi connectivity index (χ4v) is 3.55. The molecular formula is C23H24N4O4. The number of aliphatic hydroxyl groups excluding tert-OH is 1. The lowest BCUT2D eigenvalue weighted by atomic mass is 10.1. The molecule has 1 aliphatic rings. The molecule has 0 radical (unpaired) electrons. The standard InChI is InChI=1S/C23H24N4O4/c1-13-21(29)23(30)26-22-18(25-13)10-15(11-24-22)8-9-20(28)27(3)12-17-14(2)31-19-7-5-4-6-16(17)19/h4-11,13,21,25,29H,12H2,1-3H3,(H,24,26,30)/b9-8+/t13-,21+/m1/s1. The summed E-state index contributed by atoms with van der Waals surface area (Å²) in [6.45, 7) is 4.04. The number of amides is 2. The summed E-state index contributed by atoms with van der Waals surface area (Å²) in [5.74, 6) is 0.471. The Labute approximate surface area is 179 Å². The number of likely N-dealkylation sites (N-methyl/N-ethyl adjacent to an activating group) is 1. The number of fused-ring (bicyclic) bond motifs is 2. The Hall–Kier alpha value is -3.65. The van der Waals surface area contributed by atoms with Gasteiger partial charge in [0.15, 0.2) is 11.9 Å². The molecule has 31 heavy (non-hydrogen) atoms. The monoisotopic (exact) mass is 420 g/mol. The molecule has 3 heterocycles. The maximum atomic E-state index is 12.7. The maximum Gasteiger partial charge on any atom is 0.256 e. The van der Waals surface area contributed by atoms with Crippen molar-refractivity contribution in [3.8, 4) is 0 Å². The molecule has 8 nitrogen and oxygen atoms in total. The number of carbonyl (C=O) groups is 2. The van der Waals surface area contributed by atoms with E-state index >= 15 is 0 Å². The number of aromatic nitrogens is 1. The molecular weight excluding hydrogens is 396 g/mol. The lowest BCUT2D eigenvalue weighted by molar-refractivity contribution is -0.125. The van der Waals surface area contributed by atoms with Crippen molar-refractivity contribution in [3.05, 3.63) is 59.5 Å². The highest BCUT2D eigenvalue weighted by Gasteiger charge is 2.27. The lowest BCUT2D eigenvalue weighted by Crippen LogP contribution is -2.38. The van der Waals surface area contributed by atoms with Gasteiger partial charge in [0.25, 0.3) is 5.91 Å². The molecule has 160 valence electrons. The minimum atomic E-state index is -1.18. The zero-order valence-corrected chi connectivity index (χ0v) is 17.5. The minimum Gasteiger partial charge on any atom is -0.461 e. The van der Waals surface area contributed by atoms with Crippen molar-refractivity contribution in [2.75, 3.05) is 17.7 Å². The average molecular weight is 420 g/mol. The van der Waals surface area contributed by atoms with Crippen molar-refractivity contribution >= 4 is 40.4 Å². The predicted molar refractivity (Wildman–Crippen MR) is 118 cm³/mol. The molecule has 8 heteroatoms. The zero-order chi connectivity index (χ0) is 22.1. The van der Waals surface area contributed by atoms with Crippen LogP contribution in [0, 0.1) is 6.92 Å². The van der Waals surface area contributed by atoms with Crippen LogP contribution in [0.5, 0.6) is 0 Å². The number of furan rings is 1. The van der Waals surface area contributed by atoms with Crippen LogP contribution in [-0.2, 0) is 16.1 Å². The van der Waals surface area contributed by atoms with Crippen LogP contribution < -0.4 is 10.6 Å². The Balaban J connectivity index is 1.48. The molecule has 0 spiro atoms. The molecule has 0 bridgehead atoms. The number of aliphatic hydroxyl groups is 1. The molecule has 1 aliphatic heterocycles. The van der Waals surface area contributed by atoms with Gasteiger partial charge in [-0.1, -0.05) is 18.2 Å². The van der Waals surface area contributed by atoms with Crippen molar-refractivity contribution in [1.29, 1.82) is 0 Å². The van der Waals surface area contributed by atoms with Gasteiger partial charge in [0.1, 0.15) is 11.3 Å². The van der Waals surface area contributed by atoms with Crippen molar-refractivity contribution in [2.45, 2.75) is 32.5 Å². The van der Waals surface area contributed by atoms with Gasteiger partial charge in [-0.25, -0.2) is 4.98 Å². The fraction of sp³-hybridized carbons (Fsp3) is 0.261. The van der Waals surface area contributed by atoms with Crippen LogP contribution in [-0.4, -0.2) is 46.0 Å². The molecule has 3 N–H and O–H groups in total. The summed E-state index contributed by atoms with van der Waals surface area (Å²) >= 11 is 0. The van der Waals surface area contributed by atoms with Crippen LogP contribution in [0.1, 0.15) is 23.8 Å². The number of nitrogens with zero attached hydrogens (tertiary/aromatic N) is 2. The van der Waals surface area contributed by atoms with Crippen LogP contribution in [0.15, 0.2) is 47.0 Å². The van der Waals surface area contributed by atoms with E-state index in [0.29, 0.717) is 23.6 Å². The van der Waals surface area contributed by atoms with Gasteiger partial charge < -0.3 is 25.1 Å². The van der Waals surface area contributed by atoms with Gasteiger partial charge in [-0.2, -0.15) is 0 Å². The first-order chi connectivity index (χ1) is 14.8. The molecule has 2 atom stereocenters. The largest absolute Gasteiger partial charge is 0.461 e. The molecule has 0 fully saturated rings. The predicted octanol–water partition coefficient (Wildman–Crippen LogP) is 2.92. The number of pyridine rings is 1. The number of hydrogen-bond donors (Lipinski definition) is 3. The molecule has 4 rings (SSSR count). The van der Waals surface area contributed by atoms with Gasteiger partial charge in [-0.05, 0) is 37.6 Å². The van der Waals surface area contributed by atoms with Crippen molar-refractivity contribution in [3.63, 3.8) is 0 Å². The normalized spacial score (nSPS) is 18.4. The summed E-state index contributed by atoms with van der Waals surface area (Å²) in [6, 6.07) is 9.07. The molecule has 1 aromatic carbocycles. The molecule has 0 saturated heterocycles. The Bertz CT molecular complexity index is 1180. The lowest BCUT2D eigenvalue weighted by Gasteiger charge is -2.16. The van der Waals surface area contributed by atoms with Crippen molar-refractivity contribution in [1.82, 2.24) is 9.88 Å². The van der Waals surface area contributed by atoms with Crippen molar-refractivity contribution < 1.29 is 19.1 Å². The smallest absolute Gasteiger partial charge is 0.256 e. The fourth-order valence-electron chi connectivity index (χ4n) is 3.55. The van der Waals surface area contributed by atoms with E-state index in [9.17, 15) is 14.7 Å². The van der Waals surface area contributed by atoms with Crippen LogP contribution in [0.25, 0.3) is 17.0 Å². The van der Waals surface area contributed by atoms with Gasteiger partial charge in [0.2, 0.25) is 5.91 Å². The van der Waals surface area contributed by atoms with Crippen LogP contribution in [0.4, 0.5) is 11.5 Å². The van der Waals surface area contributed by atoms with E-state index in [2.05, 4.69) is 15.6 Å². The maximum absolute atomic E-state index is 12.7. The minimum absolute atomic E-state index is 0.162. The third-order valence-corrected chi connectivity index (χ3v) is 5.37. The Morgan fingerprint density at radius 1 is 1.35 bits per heavy atom. The summed E-state index contributed by atoms with van der Waals surface area (Å²) in [5.41, 5.74) is 3.07. The van der Waals surface area contributed by atoms with Crippen LogP contribution in [0.2, 0.25) is 0 Å². The number of hydrogen-bond acceptors (Lipinski definition) is 6. The van der Waals surface area contributed by atoms with E-state index in [1.54, 1.807) is 37.2 Å². The van der Waals surface area contributed by atoms with Crippen molar-refractivity contribution in [2.24, 2.45) is 0 Å². The highest BCUT2D eigenvalue weighted by atomic mass is 16.3. The highest BCUT2D eigenvalue weighted by Crippen LogP contribution is 2.27. The van der Waals surface area contributed by atoms with Gasteiger partial charge in [0.05, 0.1) is 11.7 Å². The topological polar surface area (TPSA) is 108 Å². The summed E-state index contributed by atoms with van der Waals surface area (Å²) in [7, 11) is 1.74. The summed E-state index contributed by atoms with van der Waals surface area (Å²) in [4.78, 5) is 30.4. The molecule has 2 amide bonds. The second-order valence-electron chi connectivity index (χ2n) is 7.69. The van der Waals surface area contributed by atoms with E-state index in [1.165, 1.54) is 6.08 Å². The van der Waals surface area contributed by atoms with E-state index in [4.69, 9.17) is 4.42 Å². The molecule has 0 aliphatic carbocycles. The second kappa shape index (κ2) is 8.23. The first kappa shape index (κ1) is 20.6. The number of anilines is 2. The zero-order valence-electron chi connectivity index (χ0n) is 17.5. The van der Waals surface area contributed by atoms with Gasteiger partial charge in [-0.3, -0.25) is 9.59 Å². The Morgan fingerprint density at radius 3 is 2.94 bits per heavy atom. The SMILES string of the molecule is Cc1oc2ccccc2c1CN(C)C(=O)/C=C/c1cnc2c(c1)N[C@H](C)[C@H](O)C(=O)N2. The van der Waals surface area contributed by atoms with Gasteiger partial charge in [-0.15, -0.1) is 0 Å². The first-order valence-electron chi connectivity index (χ1n) is 9.99. The van der Waals surface area contributed by atoms with E-state index < -0.39 is 18.1 Å². The van der Waals surface area contributed by atoms with E-state index in [1.807, 2.05) is 31.2 Å². The average Bonchev–Trinajstić information content (AvgIpc) is 3.02. The van der Waals surface area contributed by atoms with Crippen LogP contribution >= 0.6 is 0 Å². The summed E-state index contributed by atoms with van der Waals surface area (Å²) < 4.78 is 5.78. The number of nitrogens with one attached hydrogen (secondary N) is 2. The van der Waals surface area contributed by atoms with E-state index in [0.717, 1.165) is 22.3 Å². The highest BCUT2D eigenvalue weighted by molar-refractivity contribution is 5.98. The quantitative estimate of drug-likeness (QED) is 0.560. The molecule has 3 aromatic rings. The second-order valence-corrected chi connectivity index (χ2v) is 7.69. The number of aryl methyl sites for hydroxylation is 1. The summed E-state index contributed by atoms with van der Waals surface area (Å²) in [6.07, 6.45) is 3.53. The third-order valence-electron chi connectivity index (χ3n) is 5.37. The van der Waals surface area contributed by atoms with Gasteiger partial charge in [0, 0.05) is 36.8 Å². The first-order valence-corrected chi connectivity index (χ1v) is 9.99.